The lowest BCUT2D eigenvalue weighted by Crippen LogP contribution is -2.22. The van der Waals surface area contributed by atoms with Crippen LogP contribution in [0.4, 0.5) is 0 Å². The minimum absolute atomic E-state index is 0.0955. The molecule has 7 nitrogen and oxygen atoms in total. The first-order chi connectivity index (χ1) is 15.4. The highest BCUT2D eigenvalue weighted by Gasteiger charge is 2.13. The SMILES string of the molecule is CCc1nc2ccc(Br)cc2c(=O)n1N=Cc1cn(CC(=O)OC(C)C)c2ccccc12. The van der Waals surface area contributed by atoms with E-state index in [4.69, 9.17) is 4.74 Å². The molecule has 2 aromatic heterocycles. The fourth-order valence-electron chi connectivity index (χ4n) is 3.61. The maximum absolute atomic E-state index is 13.1. The van der Waals surface area contributed by atoms with E-state index in [1.807, 2.05) is 67.9 Å². The molecule has 8 heteroatoms. The summed E-state index contributed by atoms with van der Waals surface area (Å²) in [6.45, 7) is 5.68. The summed E-state index contributed by atoms with van der Waals surface area (Å²) in [4.78, 5) is 29.9. The number of ether oxygens (including phenoxy) is 1. The minimum Gasteiger partial charge on any atom is -0.462 e. The summed E-state index contributed by atoms with van der Waals surface area (Å²) in [5.41, 5.74) is 2.09. The van der Waals surface area contributed by atoms with Crippen LogP contribution in [0, 0.1) is 0 Å². The molecule has 0 radical (unpaired) electrons. The number of halogens is 1. The van der Waals surface area contributed by atoms with Crippen molar-refractivity contribution in [3.05, 3.63) is 74.9 Å². The number of hydrogen-bond acceptors (Lipinski definition) is 5. The van der Waals surface area contributed by atoms with Crippen molar-refractivity contribution >= 4 is 49.9 Å². The number of fused-ring (bicyclic) bond motifs is 2. The summed E-state index contributed by atoms with van der Waals surface area (Å²) in [6.07, 6.45) is 3.86. The lowest BCUT2D eigenvalue weighted by molar-refractivity contribution is -0.148. The Labute approximate surface area is 193 Å². The van der Waals surface area contributed by atoms with Gasteiger partial charge in [-0.05, 0) is 38.1 Å². The normalized spacial score (nSPS) is 11.8. The highest BCUT2D eigenvalue weighted by molar-refractivity contribution is 9.10. The van der Waals surface area contributed by atoms with E-state index in [2.05, 4.69) is 26.0 Å². The number of carbonyl (C=O) groups excluding carboxylic acids is 1. The van der Waals surface area contributed by atoms with E-state index in [-0.39, 0.29) is 24.2 Å². The zero-order valence-electron chi connectivity index (χ0n) is 18.1. The van der Waals surface area contributed by atoms with Gasteiger partial charge in [-0.15, -0.1) is 0 Å². The second kappa shape index (κ2) is 9.08. The molecule has 0 unspecified atom stereocenters. The zero-order valence-corrected chi connectivity index (χ0v) is 19.7. The van der Waals surface area contributed by atoms with Crippen molar-refractivity contribution in [3.63, 3.8) is 0 Å². The lowest BCUT2D eigenvalue weighted by atomic mass is 10.2. The van der Waals surface area contributed by atoms with Crippen molar-refractivity contribution in [1.82, 2.24) is 14.2 Å². The quantitative estimate of drug-likeness (QED) is 0.291. The molecule has 0 aliphatic heterocycles. The summed E-state index contributed by atoms with van der Waals surface area (Å²) in [6, 6.07) is 13.2. The Morgan fingerprint density at radius 2 is 2.00 bits per heavy atom. The van der Waals surface area contributed by atoms with E-state index in [1.165, 1.54) is 4.68 Å². The van der Waals surface area contributed by atoms with Gasteiger partial charge in [0.15, 0.2) is 0 Å². The van der Waals surface area contributed by atoms with Gasteiger partial charge in [-0.25, -0.2) is 4.98 Å². The van der Waals surface area contributed by atoms with E-state index in [9.17, 15) is 9.59 Å². The molecule has 32 heavy (non-hydrogen) atoms. The number of benzene rings is 2. The van der Waals surface area contributed by atoms with Gasteiger partial charge in [0.05, 0.1) is 23.2 Å². The van der Waals surface area contributed by atoms with Crippen LogP contribution in [0.25, 0.3) is 21.8 Å². The first-order valence-corrected chi connectivity index (χ1v) is 11.2. The number of para-hydroxylation sites is 1. The molecule has 0 spiro atoms. The molecule has 0 bridgehead atoms. The third-order valence-corrected chi connectivity index (χ3v) is 5.48. The van der Waals surface area contributed by atoms with Crippen LogP contribution in [-0.4, -0.2) is 32.5 Å². The van der Waals surface area contributed by atoms with Gasteiger partial charge in [0.25, 0.3) is 5.56 Å². The van der Waals surface area contributed by atoms with E-state index < -0.39 is 0 Å². The zero-order chi connectivity index (χ0) is 22.8. The Balaban J connectivity index is 1.78. The first-order valence-electron chi connectivity index (χ1n) is 10.4. The predicted octanol–water partition coefficient (Wildman–Crippen LogP) is 4.51. The molecule has 0 saturated carbocycles. The number of aryl methyl sites for hydroxylation is 1. The summed E-state index contributed by atoms with van der Waals surface area (Å²) >= 11 is 3.41. The molecule has 0 aliphatic carbocycles. The molecule has 164 valence electrons. The largest absolute Gasteiger partial charge is 0.462 e. The lowest BCUT2D eigenvalue weighted by Gasteiger charge is -2.09. The summed E-state index contributed by atoms with van der Waals surface area (Å²) in [5, 5.41) is 5.91. The number of carbonyl (C=O) groups is 1. The summed E-state index contributed by atoms with van der Waals surface area (Å²) in [5.74, 6) is 0.267. The van der Waals surface area contributed by atoms with Crippen LogP contribution in [0.3, 0.4) is 0 Å². The van der Waals surface area contributed by atoms with Gasteiger partial charge >= 0.3 is 5.97 Å². The van der Waals surface area contributed by atoms with Crippen LogP contribution < -0.4 is 5.56 Å². The monoisotopic (exact) mass is 494 g/mol. The molecule has 2 aromatic carbocycles. The highest BCUT2D eigenvalue weighted by atomic mass is 79.9. The summed E-state index contributed by atoms with van der Waals surface area (Å²) in [7, 11) is 0. The Hall–Kier alpha value is -3.26. The van der Waals surface area contributed by atoms with Crippen LogP contribution in [0.1, 0.15) is 32.2 Å². The number of nitrogens with zero attached hydrogens (tertiary/aromatic N) is 4. The molecule has 4 aromatic rings. The van der Waals surface area contributed by atoms with Gasteiger partial charge in [0.1, 0.15) is 12.4 Å². The Kier molecular flexibility index (Phi) is 6.23. The molecule has 4 rings (SSSR count). The molecular formula is C24H23BrN4O3. The average molecular weight is 495 g/mol. The van der Waals surface area contributed by atoms with Gasteiger partial charge in [0, 0.05) is 33.6 Å². The first kappa shape index (κ1) is 22.0. The fourth-order valence-corrected chi connectivity index (χ4v) is 3.97. The third kappa shape index (κ3) is 4.36. The van der Waals surface area contributed by atoms with Gasteiger partial charge in [0.2, 0.25) is 0 Å². The third-order valence-electron chi connectivity index (χ3n) is 4.99. The van der Waals surface area contributed by atoms with Crippen molar-refractivity contribution in [2.24, 2.45) is 5.10 Å². The molecule has 0 aliphatic rings. The summed E-state index contributed by atoms with van der Waals surface area (Å²) < 4.78 is 9.27. The Bertz CT molecular complexity index is 1400. The number of aromatic nitrogens is 3. The van der Waals surface area contributed by atoms with Crippen LogP contribution >= 0.6 is 15.9 Å². The number of rotatable bonds is 6. The smallest absolute Gasteiger partial charge is 0.326 e. The van der Waals surface area contributed by atoms with Gasteiger partial charge < -0.3 is 9.30 Å². The van der Waals surface area contributed by atoms with E-state index >= 15 is 0 Å². The maximum atomic E-state index is 13.1. The fraction of sp³-hybridized carbons (Fsp3) is 0.250. The van der Waals surface area contributed by atoms with Crippen molar-refractivity contribution in [3.8, 4) is 0 Å². The molecule has 0 saturated heterocycles. The van der Waals surface area contributed by atoms with Crippen molar-refractivity contribution in [2.45, 2.75) is 39.8 Å². The highest BCUT2D eigenvalue weighted by Crippen LogP contribution is 2.21. The average Bonchev–Trinajstić information content (AvgIpc) is 3.10. The standard InChI is InChI=1S/C24H23BrN4O3/c1-4-22-27-20-10-9-17(25)11-19(20)24(31)29(22)26-12-16-13-28(14-23(30)32-15(2)3)21-8-6-5-7-18(16)21/h5-13,15H,4,14H2,1-3H3. The molecule has 0 atom stereocenters. The van der Waals surface area contributed by atoms with Gasteiger partial charge in [-0.1, -0.05) is 41.1 Å². The topological polar surface area (TPSA) is 78.5 Å². The molecular weight excluding hydrogens is 472 g/mol. The second-order valence-electron chi connectivity index (χ2n) is 7.67. The van der Waals surface area contributed by atoms with Crippen LogP contribution in [0.5, 0.6) is 0 Å². The van der Waals surface area contributed by atoms with Crippen molar-refractivity contribution in [2.75, 3.05) is 0 Å². The second-order valence-corrected chi connectivity index (χ2v) is 8.59. The van der Waals surface area contributed by atoms with Gasteiger partial charge in [-0.3, -0.25) is 9.59 Å². The molecule has 0 amide bonds. The van der Waals surface area contributed by atoms with Crippen molar-refractivity contribution in [1.29, 1.82) is 0 Å². The Morgan fingerprint density at radius 3 is 2.75 bits per heavy atom. The van der Waals surface area contributed by atoms with Crippen LogP contribution in [0.2, 0.25) is 0 Å². The molecule has 2 heterocycles. The Morgan fingerprint density at radius 1 is 1.22 bits per heavy atom. The predicted molar refractivity (Wildman–Crippen MR) is 129 cm³/mol. The number of hydrogen-bond donors (Lipinski definition) is 0. The maximum Gasteiger partial charge on any atom is 0.326 e. The van der Waals surface area contributed by atoms with Crippen molar-refractivity contribution < 1.29 is 9.53 Å². The molecule has 0 fully saturated rings. The van der Waals surface area contributed by atoms with E-state index in [0.717, 1.165) is 20.9 Å². The van der Waals surface area contributed by atoms with Crippen LogP contribution in [0.15, 0.2) is 63.0 Å². The molecule has 0 N–H and O–H groups in total. The van der Waals surface area contributed by atoms with Gasteiger partial charge in [-0.2, -0.15) is 9.78 Å². The van der Waals surface area contributed by atoms with E-state index in [1.54, 1.807) is 12.3 Å². The number of esters is 1. The minimum atomic E-state index is -0.307. The van der Waals surface area contributed by atoms with E-state index in [0.29, 0.717) is 23.1 Å². The van der Waals surface area contributed by atoms with Crippen LogP contribution in [-0.2, 0) is 22.5 Å².